The lowest BCUT2D eigenvalue weighted by Crippen LogP contribution is -2.44. The molecule has 4 nitrogen and oxygen atoms in total. The zero-order valence-electron chi connectivity index (χ0n) is 13.1. The number of benzene rings is 1. The number of piperidine rings is 1. The van der Waals surface area contributed by atoms with E-state index in [9.17, 15) is 4.79 Å². The normalized spacial score (nSPS) is 15.0. The summed E-state index contributed by atoms with van der Waals surface area (Å²) in [5, 5.41) is 3.32. The van der Waals surface area contributed by atoms with Gasteiger partial charge in [-0.1, -0.05) is 6.07 Å². The molecule has 1 heterocycles. The van der Waals surface area contributed by atoms with Crippen LogP contribution in [0.4, 0.5) is 0 Å². The van der Waals surface area contributed by atoms with Gasteiger partial charge in [0.1, 0.15) is 5.75 Å². The monoisotopic (exact) mass is 390 g/mol. The van der Waals surface area contributed by atoms with Crippen molar-refractivity contribution in [1.29, 1.82) is 0 Å². The molecule has 0 radical (unpaired) electrons. The summed E-state index contributed by atoms with van der Waals surface area (Å²) in [4.78, 5) is 14.1. The van der Waals surface area contributed by atoms with Gasteiger partial charge in [-0.3, -0.25) is 4.79 Å². The number of ether oxygens (including phenoxy) is 1. The highest BCUT2D eigenvalue weighted by molar-refractivity contribution is 9.10. The Morgan fingerprint density at radius 3 is 2.73 bits per heavy atom. The third kappa shape index (κ3) is 5.45. The van der Waals surface area contributed by atoms with Gasteiger partial charge in [0.2, 0.25) is 5.91 Å². The zero-order valence-corrected chi connectivity index (χ0v) is 15.5. The predicted molar refractivity (Wildman–Crippen MR) is 94.9 cm³/mol. The minimum Gasteiger partial charge on any atom is -0.492 e. The third-order valence-electron chi connectivity index (χ3n) is 3.91. The van der Waals surface area contributed by atoms with Crippen LogP contribution in [0, 0.1) is 6.92 Å². The van der Waals surface area contributed by atoms with E-state index in [2.05, 4.69) is 21.2 Å². The molecule has 6 heteroatoms. The number of aryl methyl sites for hydroxylation is 1. The Bertz CT molecular complexity index is 493. The number of hydrogen-bond donors (Lipinski definition) is 1. The van der Waals surface area contributed by atoms with E-state index in [0.717, 1.165) is 36.2 Å². The Morgan fingerprint density at radius 2 is 2.09 bits per heavy atom. The van der Waals surface area contributed by atoms with Crippen molar-refractivity contribution in [3.05, 3.63) is 28.2 Å². The molecule has 1 aromatic carbocycles. The number of carbonyl (C=O) groups excluding carboxylic acids is 1. The van der Waals surface area contributed by atoms with E-state index in [4.69, 9.17) is 4.74 Å². The Balaban J connectivity index is 0.00000242. The first kappa shape index (κ1) is 19.3. The first-order valence-electron chi connectivity index (χ1n) is 7.43. The minimum absolute atomic E-state index is 0. The van der Waals surface area contributed by atoms with Crippen LogP contribution in [0.15, 0.2) is 22.7 Å². The van der Waals surface area contributed by atoms with Crippen molar-refractivity contribution < 1.29 is 9.53 Å². The molecule has 1 aromatic rings. The van der Waals surface area contributed by atoms with Crippen molar-refractivity contribution in [2.75, 3.05) is 26.7 Å². The van der Waals surface area contributed by atoms with Gasteiger partial charge in [0.25, 0.3) is 0 Å². The molecule has 0 saturated carbocycles. The van der Waals surface area contributed by atoms with E-state index in [-0.39, 0.29) is 18.3 Å². The van der Waals surface area contributed by atoms with E-state index >= 15 is 0 Å². The summed E-state index contributed by atoms with van der Waals surface area (Å²) in [6, 6.07) is 6.31. The standard InChI is InChI=1S/C16H23BrN2O2.ClH/c1-12-3-4-15(14(17)11-12)21-10-7-16(20)19(2)13-5-8-18-9-6-13;/h3-4,11,13,18H,5-10H2,1-2H3;1H. The maximum atomic E-state index is 12.2. The molecule has 124 valence electrons. The number of rotatable bonds is 5. The highest BCUT2D eigenvalue weighted by Crippen LogP contribution is 2.25. The van der Waals surface area contributed by atoms with Crippen LogP contribution in [0.25, 0.3) is 0 Å². The molecule has 1 aliphatic rings. The molecule has 1 saturated heterocycles. The quantitative estimate of drug-likeness (QED) is 0.838. The smallest absolute Gasteiger partial charge is 0.225 e. The molecule has 0 spiro atoms. The van der Waals surface area contributed by atoms with Crippen molar-refractivity contribution in [3.63, 3.8) is 0 Å². The Hall–Kier alpha value is -0.780. The summed E-state index contributed by atoms with van der Waals surface area (Å²) in [6.07, 6.45) is 2.49. The Labute approximate surface area is 147 Å². The number of halogens is 2. The van der Waals surface area contributed by atoms with Gasteiger partial charge in [-0.15, -0.1) is 12.4 Å². The Morgan fingerprint density at radius 1 is 1.41 bits per heavy atom. The second-order valence-electron chi connectivity index (χ2n) is 5.52. The first-order chi connectivity index (χ1) is 10.1. The molecule has 0 unspecified atom stereocenters. The number of carbonyl (C=O) groups is 1. The molecule has 1 fully saturated rings. The highest BCUT2D eigenvalue weighted by Gasteiger charge is 2.21. The molecule has 1 N–H and O–H groups in total. The summed E-state index contributed by atoms with van der Waals surface area (Å²) >= 11 is 3.48. The SMILES string of the molecule is Cc1ccc(OCCC(=O)N(C)C2CCNCC2)c(Br)c1.Cl. The van der Waals surface area contributed by atoms with E-state index in [1.165, 1.54) is 5.56 Å². The second kappa shape index (κ2) is 9.38. The van der Waals surface area contributed by atoms with Crippen LogP contribution >= 0.6 is 28.3 Å². The fourth-order valence-electron chi connectivity index (χ4n) is 2.55. The molecule has 1 amide bonds. The summed E-state index contributed by atoms with van der Waals surface area (Å²) in [6.45, 7) is 4.44. The highest BCUT2D eigenvalue weighted by atomic mass is 79.9. The molecule has 1 aliphatic heterocycles. The van der Waals surface area contributed by atoms with Gasteiger partial charge in [-0.05, 0) is 66.5 Å². The summed E-state index contributed by atoms with van der Waals surface area (Å²) in [5.74, 6) is 0.947. The summed E-state index contributed by atoms with van der Waals surface area (Å²) in [7, 11) is 1.90. The molecule has 2 rings (SSSR count). The van der Waals surface area contributed by atoms with Crippen molar-refractivity contribution in [2.45, 2.75) is 32.2 Å². The number of amides is 1. The maximum Gasteiger partial charge on any atom is 0.225 e. The Kier molecular flexibility index (Phi) is 8.21. The van der Waals surface area contributed by atoms with Gasteiger partial charge in [0.05, 0.1) is 17.5 Å². The zero-order chi connectivity index (χ0) is 15.2. The van der Waals surface area contributed by atoms with Crippen LogP contribution in [0.2, 0.25) is 0 Å². The topological polar surface area (TPSA) is 41.6 Å². The minimum atomic E-state index is 0. The maximum absolute atomic E-state index is 12.2. The first-order valence-corrected chi connectivity index (χ1v) is 8.22. The van der Waals surface area contributed by atoms with Crippen LogP contribution < -0.4 is 10.1 Å². The van der Waals surface area contributed by atoms with Gasteiger partial charge in [-0.25, -0.2) is 0 Å². The average molecular weight is 392 g/mol. The lowest BCUT2D eigenvalue weighted by atomic mass is 10.1. The van der Waals surface area contributed by atoms with Crippen LogP contribution in [-0.4, -0.2) is 43.6 Å². The van der Waals surface area contributed by atoms with E-state index in [0.29, 0.717) is 19.1 Å². The largest absolute Gasteiger partial charge is 0.492 e. The molecule has 0 aliphatic carbocycles. The summed E-state index contributed by atoms with van der Waals surface area (Å²) in [5.41, 5.74) is 1.18. The number of nitrogens with one attached hydrogen (secondary N) is 1. The number of hydrogen-bond acceptors (Lipinski definition) is 3. The van der Waals surface area contributed by atoms with Gasteiger partial charge in [-0.2, -0.15) is 0 Å². The van der Waals surface area contributed by atoms with Crippen LogP contribution in [-0.2, 0) is 4.79 Å². The van der Waals surface area contributed by atoms with Crippen molar-refractivity contribution in [3.8, 4) is 5.75 Å². The molecule has 0 bridgehead atoms. The van der Waals surface area contributed by atoms with E-state index in [1.807, 2.05) is 37.1 Å². The molecular formula is C16H24BrClN2O2. The fourth-order valence-corrected chi connectivity index (χ4v) is 3.15. The van der Waals surface area contributed by atoms with Gasteiger partial charge in [0, 0.05) is 13.1 Å². The van der Waals surface area contributed by atoms with Crippen molar-refractivity contribution in [2.24, 2.45) is 0 Å². The van der Waals surface area contributed by atoms with E-state index < -0.39 is 0 Å². The second-order valence-corrected chi connectivity index (χ2v) is 6.37. The van der Waals surface area contributed by atoms with Gasteiger partial charge < -0.3 is 15.0 Å². The molecule has 22 heavy (non-hydrogen) atoms. The lowest BCUT2D eigenvalue weighted by Gasteiger charge is -2.31. The van der Waals surface area contributed by atoms with Crippen LogP contribution in [0.5, 0.6) is 5.75 Å². The average Bonchev–Trinajstić information content (AvgIpc) is 2.49. The van der Waals surface area contributed by atoms with Crippen LogP contribution in [0.3, 0.4) is 0 Å². The van der Waals surface area contributed by atoms with Crippen molar-refractivity contribution in [1.82, 2.24) is 10.2 Å². The predicted octanol–water partition coefficient (Wildman–Crippen LogP) is 3.16. The molecular weight excluding hydrogens is 368 g/mol. The number of nitrogens with zero attached hydrogens (tertiary/aromatic N) is 1. The molecule has 0 aromatic heterocycles. The van der Waals surface area contributed by atoms with Crippen LogP contribution in [0.1, 0.15) is 24.8 Å². The molecule has 0 atom stereocenters. The lowest BCUT2D eigenvalue weighted by molar-refractivity contribution is -0.132. The fraction of sp³-hybridized carbons (Fsp3) is 0.562. The summed E-state index contributed by atoms with van der Waals surface area (Å²) < 4.78 is 6.63. The van der Waals surface area contributed by atoms with Gasteiger partial charge in [0.15, 0.2) is 0 Å². The van der Waals surface area contributed by atoms with Gasteiger partial charge >= 0.3 is 0 Å². The van der Waals surface area contributed by atoms with Crippen molar-refractivity contribution >= 4 is 34.2 Å². The van der Waals surface area contributed by atoms with E-state index in [1.54, 1.807) is 0 Å². The third-order valence-corrected chi connectivity index (χ3v) is 4.53.